The van der Waals surface area contributed by atoms with Gasteiger partial charge in [0.2, 0.25) is 11.8 Å². The number of ether oxygens (including phenoxy) is 1. The molecule has 1 unspecified atom stereocenters. The number of hydrogen-bond donors (Lipinski definition) is 1. The Morgan fingerprint density at radius 3 is 2.12 bits per heavy atom. The summed E-state index contributed by atoms with van der Waals surface area (Å²) in [5.74, 6) is -0.958. The number of benzene rings is 3. The summed E-state index contributed by atoms with van der Waals surface area (Å²) in [6, 6.07) is 19.2. The molecule has 0 aromatic heterocycles. The lowest BCUT2D eigenvalue weighted by molar-refractivity contribution is -0.139. The fourth-order valence-corrected chi connectivity index (χ4v) is 5.53. The number of sulfonamides is 1. The normalized spacial score (nSPS) is 12.1. The predicted molar refractivity (Wildman–Crippen MR) is 153 cm³/mol. The lowest BCUT2D eigenvalue weighted by atomic mass is 10.1. The third-order valence-corrected chi connectivity index (χ3v) is 7.99. The SMILES string of the molecule is CCOc1ccc(S(=O)(=O)N(CC(=O)N(CCc2ccccc2)C(C)C(=O)NC(C)C)c2ccc(F)cc2)cc1. The van der Waals surface area contributed by atoms with Gasteiger partial charge in [-0.1, -0.05) is 30.3 Å². The van der Waals surface area contributed by atoms with E-state index in [4.69, 9.17) is 4.74 Å². The van der Waals surface area contributed by atoms with Gasteiger partial charge in [0.1, 0.15) is 24.2 Å². The van der Waals surface area contributed by atoms with Crippen LogP contribution in [0.25, 0.3) is 0 Å². The Labute approximate surface area is 235 Å². The quantitative estimate of drug-likeness (QED) is 0.329. The van der Waals surface area contributed by atoms with E-state index in [1.165, 1.54) is 41.3 Å². The Morgan fingerprint density at radius 1 is 0.925 bits per heavy atom. The summed E-state index contributed by atoms with van der Waals surface area (Å²) in [5.41, 5.74) is 1.08. The van der Waals surface area contributed by atoms with Crippen LogP contribution in [-0.2, 0) is 26.0 Å². The molecule has 0 aliphatic carbocycles. The molecule has 0 spiro atoms. The third kappa shape index (κ3) is 8.05. The van der Waals surface area contributed by atoms with E-state index in [9.17, 15) is 22.4 Å². The van der Waals surface area contributed by atoms with E-state index >= 15 is 0 Å². The highest BCUT2D eigenvalue weighted by Crippen LogP contribution is 2.26. The van der Waals surface area contributed by atoms with Crippen molar-refractivity contribution in [2.45, 2.75) is 51.1 Å². The Kier molecular flexibility index (Phi) is 10.7. The molecule has 0 radical (unpaired) electrons. The lowest BCUT2D eigenvalue weighted by Gasteiger charge is -2.32. The Balaban J connectivity index is 1.97. The van der Waals surface area contributed by atoms with Crippen molar-refractivity contribution in [2.75, 3.05) is 24.0 Å². The first-order chi connectivity index (χ1) is 19.0. The number of nitrogens with one attached hydrogen (secondary N) is 1. The minimum Gasteiger partial charge on any atom is -0.494 e. The second-order valence-corrected chi connectivity index (χ2v) is 11.4. The minimum absolute atomic E-state index is 0.0606. The van der Waals surface area contributed by atoms with Crippen molar-refractivity contribution in [3.05, 3.63) is 90.2 Å². The van der Waals surface area contributed by atoms with Crippen LogP contribution in [0.5, 0.6) is 5.75 Å². The molecule has 3 rings (SSSR count). The van der Waals surface area contributed by atoms with Crippen molar-refractivity contribution in [1.82, 2.24) is 10.2 Å². The second-order valence-electron chi connectivity index (χ2n) is 9.55. The van der Waals surface area contributed by atoms with Crippen LogP contribution in [0.2, 0.25) is 0 Å². The van der Waals surface area contributed by atoms with Gasteiger partial charge in [-0.05, 0) is 88.2 Å². The molecule has 1 N–H and O–H groups in total. The number of carbonyl (C=O) groups is 2. The van der Waals surface area contributed by atoms with Gasteiger partial charge in [0.05, 0.1) is 17.2 Å². The van der Waals surface area contributed by atoms with Crippen LogP contribution in [0.1, 0.15) is 33.3 Å². The first-order valence-corrected chi connectivity index (χ1v) is 14.6. The van der Waals surface area contributed by atoms with Gasteiger partial charge in [-0.15, -0.1) is 0 Å². The van der Waals surface area contributed by atoms with Gasteiger partial charge in [-0.2, -0.15) is 0 Å². The number of hydrogen-bond acceptors (Lipinski definition) is 5. The lowest BCUT2D eigenvalue weighted by Crippen LogP contribution is -2.53. The molecule has 0 saturated heterocycles. The zero-order chi connectivity index (χ0) is 29.3. The van der Waals surface area contributed by atoms with Crippen molar-refractivity contribution in [1.29, 1.82) is 0 Å². The zero-order valence-electron chi connectivity index (χ0n) is 23.2. The fourth-order valence-electron chi connectivity index (χ4n) is 4.11. The average molecular weight is 570 g/mol. The van der Waals surface area contributed by atoms with E-state index < -0.39 is 34.3 Å². The van der Waals surface area contributed by atoms with Gasteiger partial charge in [-0.25, -0.2) is 12.8 Å². The first-order valence-electron chi connectivity index (χ1n) is 13.2. The van der Waals surface area contributed by atoms with Crippen LogP contribution in [0, 0.1) is 5.82 Å². The van der Waals surface area contributed by atoms with E-state index in [1.807, 2.05) is 51.1 Å². The van der Waals surface area contributed by atoms with E-state index in [1.54, 1.807) is 6.92 Å². The summed E-state index contributed by atoms with van der Waals surface area (Å²) in [7, 11) is -4.25. The monoisotopic (exact) mass is 569 g/mol. The molecule has 0 heterocycles. The molecular weight excluding hydrogens is 533 g/mol. The van der Waals surface area contributed by atoms with Gasteiger partial charge in [0.15, 0.2) is 0 Å². The summed E-state index contributed by atoms with van der Waals surface area (Å²) in [6.45, 7) is 7.10. The smallest absolute Gasteiger partial charge is 0.264 e. The molecule has 8 nitrogen and oxygen atoms in total. The summed E-state index contributed by atoms with van der Waals surface area (Å²) in [6.07, 6.45) is 0.466. The highest BCUT2D eigenvalue weighted by Gasteiger charge is 2.32. The minimum atomic E-state index is -4.25. The predicted octanol–water partition coefficient (Wildman–Crippen LogP) is 4.40. The van der Waals surface area contributed by atoms with Crippen molar-refractivity contribution < 1.29 is 27.1 Å². The maximum absolute atomic E-state index is 13.8. The van der Waals surface area contributed by atoms with Crippen LogP contribution in [0.15, 0.2) is 83.8 Å². The molecule has 0 aliphatic heterocycles. The zero-order valence-corrected chi connectivity index (χ0v) is 24.0. The van der Waals surface area contributed by atoms with Crippen LogP contribution in [-0.4, -0.2) is 56.9 Å². The molecule has 10 heteroatoms. The van der Waals surface area contributed by atoms with Gasteiger partial charge >= 0.3 is 0 Å². The summed E-state index contributed by atoms with van der Waals surface area (Å²) in [5, 5.41) is 2.82. The average Bonchev–Trinajstić information content (AvgIpc) is 2.93. The van der Waals surface area contributed by atoms with Crippen LogP contribution in [0.3, 0.4) is 0 Å². The van der Waals surface area contributed by atoms with E-state index in [0.717, 1.165) is 22.0 Å². The second kappa shape index (κ2) is 13.9. The Bertz CT molecular complexity index is 1360. The van der Waals surface area contributed by atoms with E-state index in [-0.39, 0.29) is 29.1 Å². The largest absolute Gasteiger partial charge is 0.494 e. The molecule has 3 aromatic carbocycles. The topological polar surface area (TPSA) is 96.0 Å². The number of carbonyl (C=O) groups excluding carboxylic acids is 2. The summed E-state index contributed by atoms with van der Waals surface area (Å²) < 4.78 is 47.7. The van der Waals surface area contributed by atoms with Gasteiger partial charge in [-0.3, -0.25) is 13.9 Å². The standard InChI is InChI=1S/C30H36FN3O5S/c1-5-39-27-15-17-28(18-16-27)40(37,38)34(26-13-11-25(31)12-14-26)21-29(35)33(23(4)30(36)32-22(2)3)20-19-24-9-7-6-8-10-24/h6-18,22-23H,5,19-21H2,1-4H3,(H,32,36). The number of halogens is 1. The van der Waals surface area contributed by atoms with E-state index in [0.29, 0.717) is 18.8 Å². The van der Waals surface area contributed by atoms with Crippen molar-refractivity contribution in [3.63, 3.8) is 0 Å². The third-order valence-electron chi connectivity index (χ3n) is 6.20. The van der Waals surface area contributed by atoms with Crippen molar-refractivity contribution in [2.24, 2.45) is 0 Å². The summed E-state index contributed by atoms with van der Waals surface area (Å²) in [4.78, 5) is 28.1. The molecule has 1 atom stereocenters. The first kappa shape index (κ1) is 30.6. The molecule has 0 saturated carbocycles. The van der Waals surface area contributed by atoms with Crippen LogP contribution >= 0.6 is 0 Å². The summed E-state index contributed by atoms with van der Waals surface area (Å²) >= 11 is 0. The van der Waals surface area contributed by atoms with Crippen molar-refractivity contribution in [3.8, 4) is 5.75 Å². The van der Waals surface area contributed by atoms with E-state index in [2.05, 4.69) is 5.32 Å². The van der Waals surface area contributed by atoms with Gasteiger partial charge in [0, 0.05) is 12.6 Å². The van der Waals surface area contributed by atoms with Gasteiger partial charge in [0.25, 0.3) is 10.0 Å². The molecule has 40 heavy (non-hydrogen) atoms. The maximum Gasteiger partial charge on any atom is 0.264 e. The molecule has 0 bridgehead atoms. The van der Waals surface area contributed by atoms with Gasteiger partial charge < -0.3 is 15.0 Å². The van der Waals surface area contributed by atoms with Crippen LogP contribution < -0.4 is 14.4 Å². The maximum atomic E-state index is 13.8. The number of amides is 2. The van der Waals surface area contributed by atoms with Crippen molar-refractivity contribution >= 4 is 27.5 Å². The Hall–Kier alpha value is -3.92. The van der Waals surface area contributed by atoms with Crippen LogP contribution in [0.4, 0.5) is 10.1 Å². The number of nitrogens with zero attached hydrogens (tertiary/aromatic N) is 2. The fraction of sp³-hybridized carbons (Fsp3) is 0.333. The molecule has 0 fully saturated rings. The molecular formula is C30H36FN3O5S. The number of rotatable bonds is 13. The number of anilines is 1. The molecule has 0 aliphatic rings. The molecule has 214 valence electrons. The highest BCUT2D eigenvalue weighted by atomic mass is 32.2. The Morgan fingerprint density at radius 2 is 1.55 bits per heavy atom. The molecule has 3 aromatic rings. The molecule has 2 amide bonds. The highest BCUT2D eigenvalue weighted by molar-refractivity contribution is 7.92.